The first kappa shape index (κ1) is 16.5. The summed E-state index contributed by atoms with van der Waals surface area (Å²) in [5, 5.41) is 3.08. The third-order valence-corrected chi connectivity index (χ3v) is 6.71. The van der Waals surface area contributed by atoms with Gasteiger partial charge in [-0.25, -0.2) is 12.7 Å². The first-order valence-electron chi connectivity index (χ1n) is 8.37. The number of nitrogens with one attached hydrogen (secondary N) is 1. The number of rotatable bonds is 5. The maximum Gasteiger partial charge on any atom is 0.223 e. The fraction of sp³-hybridized carbons (Fsp3) is 0.588. The highest BCUT2D eigenvalue weighted by atomic mass is 32.2. The number of benzene rings is 1. The van der Waals surface area contributed by atoms with Gasteiger partial charge in [0.05, 0.1) is 5.75 Å². The zero-order valence-corrected chi connectivity index (χ0v) is 14.1. The molecule has 126 valence electrons. The molecule has 1 amide bonds. The van der Waals surface area contributed by atoms with E-state index in [0.29, 0.717) is 25.9 Å². The van der Waals surface area contributed by atoms with Crippen molar-refractivity contribution in [3.63, 3.8) is 0 Å². The van der Waals surface area contributed by atoms with E-state index in [2.05, 4.69) is 5.32 Å². The average molecular weight is 336 g/mol. The molecule has 1 saturated heterocycles. The molecule has 0 atom stereocenters. The maximum atomic E-state index is 12.5. The number of carbonyl (C=O) groups excluding carboxylic acids is 1. The molecule has 0 bridgehead atoms. The maximum absolute atomic E-state index is 12.5. The Labute approximate surface area is 138 Å². The smallest absolute Gasteiger partial charge is 0.223 e. The van der Waals surface area contributed by atoms with E-state index in [1.165, 1.54) is 0 Å². The average Bonchev–Trinajstić information content (AvgIpc) is 2.46. The van der Waals surface area contributed by atoms with Gasteiger partial charge in [-0.15, -0.1) is 0 Å². The Balaban J connectivity index is 1.50. The van der Waals surface area contributed by atoms with Crippen LogP contribution in [0.25, 0.3) is 0 Å². The van der Waals surface area contributed by atoms with Gasteiger partial charge in [0.15, 0.2) is 0 Å². The summed E-state index contributed by atoms with van der Waals surface area (Å²) >= 11 is 0. The van der Waals surface area contributed by atoms with Gasteiger partial charge in [0.25, 0.3) is 0 Å². The van der Waals surface area contributed by atoms with Gasteiger partial charge < -0.3 is 5.32 Å². The van der Waals surface area contributed by atoms with Crippen LogP contribution in [0, 0.1) is 5.92 Å². The topological polar surface area (TPSA) is 66.5 Å². The van der Waals surface area contributed by atoms with Gasteiger partial charge in [0, 0.05) is 25.0 Å². The summed E-state index contributed by atoms with van der Waals surface area (Å²) in [7, 11) is -3.28. The Morgan fingerprint density at radius 2 is 1.74 bits per heavy atom. The summed E-state index contributed by atoms with van der Waals surface area (Å²) < 4.78 is 26.5. The molecule has 1 aliphatic carbocycles. The summed E-state index contributed by atoms with van der Waals surface area (Å²) in [5.41, 5.74) is 0.813. The van der Waals surface area contributed by atoms with Gasteiger partial charge in [-0.2, -0.15) is 0 Å². The number of amides is 1. The van der Waals surface area contributed by atoms with Gasteiger partial charge in [-0.05, 0) is 31.2 Å². The Bertz CT molecular complexity index is 633. The van der Waals surface area contributed by atoms with Gasteiger partial charge in [-0.1, -0.05) is 36.8 Å². The highest BCUT2D eigenvalue weighted by Gasteiger charge is 2.31. The van der Waals surface area contributed by atoms with E-state index in [9.17, 15) is 13.2 Å². The number of piperidine rings is 1. The van der Waals surface area contributed by atoms with Crippen molar-refractivity contribution in [2.45, 2.75) is 43.9 Å². The van der Waals surface area contributed by atoms with Crippen molar-refractivity contribution >= 4 is 15.9 Å². The lowest BCUT2D eigenvalue weighted by atomic mass is 9.84. The van der Waals surface area contributed by atoms with Crippen molar-refractivity contribution in [1.29, 1.82) is 0 Å². The SMILES string of the molecule is O=C(NC1CCN(S(=O)(=O)Cc2ccccc2)CC1)C1CCC1. The summed E-state index contributed by atoms with van der Waals surface area (Å²) in [6, 6.07) is 9.38. The third-order valence-electron chi connectivity index (χ3n) is 4.86. The zero-order valence-electron chi connectivity index (χ0n) is 13.3. The highest BCUT2D eigenvalue weighted by molar-refractivity contribution is 7.88. The summed E-state index contributed by atoms with van der Waals surface area (Å²) in [6.07, 6.45) is 4.54. The lowest BCUT2D eigenvalue weighted by Crippen LogP contribution is -2.48. The molecule has 0 aromatic heterocycles. The van der Waals surface area contributed by atoms with Crippen LogP contribution in [0.1, 0.15) is 37.7 Å². The predicted molar refractivity (Wildman–Crippen MR) is 89.1 cm³/mol. The molecule has 0 radical (unpaired) electrons. The highest BCUT2D eigenvalue weighted by Crippen LogP contribution is 2.27. The fourth-order valence-corrected chi connectivity index (χ4v) is 4.71. The molecule has 2 aliphatic rings. The molecule has 5 nitrogen and oxygen atoms in total. The number of hydrogen-bond acceptors (Lipinski definition) is 3. The zero-order chi connectivity index (χ0) is 16.3. The molecule has 1 aromatic rings. The molecule has 1 aromatic carbocycles. The predicted octanol–water partition coefficient (Wildman–Crippen LogP) is 1.90. The molecule has 1 heterocycles. The second kappa shape index (κ2) is 7.01. The summed E-state index contributed by atoms with van der Waals surface area (Å²) in [5.74, 6) is 0.393. The third kappa shape index (κ3) is 4.12. The van der Waals surface area contributed by atoms with Crippen LogP contribution in [-0.4, -0.2) is 37.8 Å². The van der Waals surface area contributed by atoms with E-state index in [4.69, 9.17) is 0 Å². The number of carbonyl (C=O) groups is 1. The van der Waals surface area contributed by atoms with Crippen LogP contribution >= 0.6 is 0 Å². The second-order valence-corrected chi connectivity index (χ2v) is 8.52. The van der Waals surface area contributed by atoms with Crippen molar-refractivity contribution in [3.05, 3.63) is 35.9 Å². The largest absolute Gasteiger partial charge is 0.353 e. The molecule has 3 rings (SSSR count). The molecule has 1 saturated carbocycles. The fourth-order valence-electron chi connectivity index (χ4n) is 3.14. The van der Waals surface area contributed by atoms with Crippen molar-refractivity contribution in [1.82, 2.24) is 9.62 Å². The number of sulfonamides is 1. The minimum Gasteiger partial charge on any atom is -0.353 e. The minimum atomic E-state index is -3.28. The van der Waals surface area contributed by atoms with E-state index in [1.807, 2.05) is 30.3 Å². The van der Waals surface area contributed by atoms with Crippen LogP contribution in [0.15, 0.2) is 30.3 Å². The van der Waals surface area contributed by atoms with Gasteiger partial charge in [0.1, 0.15) is 0 Å². The summed E-state index contributed by atoms with van der Waals surface area (Å²) in [4.78, 5) is 12.0. The van der Waals surface area contributed by atoms with E-state index >= 15 is 0 Å². The van der Waals surface area contributed by atoms with Gasteiger partial charge >= 0.3 is 0 Å². The van der Waals surface area contributed by atoms with E-state index in [0.717, 1.165) is 24.8 Å². The molecule has 0 unspecified atom stereocenters. The molecule has 6 heteroatoms. The Morgan fingerprint density at radius 1 is 1.09 bits per heavy atom. The van der Waals surface area contributed by atoms with Crippen LogP contribution in [-0.2, 0) is 20.6 Å². The van der Waals surface area contributed by atoms with Crippen molar-refractivity contribution < 1.29 is 13.2 Å². The van der Waals surface area contributed by atoms with Gasteiger partial charge in [0.2, 0.25) is 15.9 Å². The standard InChI is InChI=1S/C17H24N2O3S/c20-17(15-7-4-8-15)18-16-9-11-19(12-10-16)23(21,22)13-14-5-2-1-3-6-14/h1-3,5-6,15-16H,4,7-13H2,(H,18,20). The monoisotopic (exact) mass is 336 g/mol. The van der Waals surface area contributed by atoms with E-state index in [-0.39, 0.29) is 23.6 Å². The Hall–Kier alpha value is -1.40. The normalized spacial score (nSPS) is 20.9. The lowest BCUT2D eigenvalue weighted by molar-refractivity contribution is -0.128. The van der Waals surface area contributed by atoms with Crippen LogP contribution < -0.4 is 5.32 Å². The minimum absolute atomic E-state index is 0.0486. The Kier molecular flexibility index (Phi) is 5.02. The molecule has 1 aliphatic heterocycles. The number of hydrogen-bond donors (Lipinski definition) is 1. The first-order valence-corrected chi connectivity index (χ1v) is 9.97. The lowest BCUT2D eigenvalue weighted by Gasteiger charge is -2.33. The van der Waals surface area contributed by atoms with Crippen molar-refractivity contribution in [3.8, 4) is 0 Å². The number of nitrogens with zero attached hydrogens (tertiary/aromatic N) is 1. The Morgan fingerprint density at radius 3 is 2.30 bits per heavy atom. The first-order chi connectivity index (χ1) is 11.0. The van der Waals surface area contributed by atoms with Crippen molar-refractivity contribution in [2.24, 2.45) is 5.92 Å². The van der Waals surface area contributed by atoms with Crippen LogP contribution in [0.3, 0.4) is 0 Å². The molecule has 0 spiro atoms. The van der Waals surface area contributed by atoms with Gasteiger partial charge in [-0.3, -0.25) is 4.79 Å². The van der Waals surface area contributed by atoms with E-state index in [1.54, 1.807) is 4.31 Å². The molecule has 1 N–H and O–H groups in total. The van der Waals surface area contributed by atoms with Crippen LogP contribution in [0.2, 0.25) is 0 Å². The molecule has 2 fully saturated rings. The molecular formula is C17H24N2O3S. The molecular weight excluding hydrogens is 312 g/mol. The van der Waals surface area contributed by atoms with Crippen molar-refractivity contribution in [2.75, 3.05) is 13.1 Å². The molecule has 23 heavy (non-hydrogen) atoms. The second-order valence-electron chi connectivity index (χ2n) is 6.55. The quantitative estimate of drug-likeness (QED) is 0.893. The van der Waals surface area contributed by atoms with Crippen LogP contribution in [0.4, 0.5) is 0 Å². The van der Waals surface area contributed by atoms with E-state index < -0.39 is 10.0 Å². The van der Waals surface area contributed by atoms with Crippen LogP contribution in [0.5, 0.6) is 0 Å². The summed E-state index contributed by atoms with van der Waals surface area (Å²) in [6.45, 7) is 0.982.